The third-order valence-electron chi connectivity index (χ3n) is 3.93. The van der Waals surface area contributed by atoms with Crippen molar-refractivity contribution >= 4 is 15.9 Å². The van der Waals surface area contributed by atoms with Gasteiger partial charge in [-0.05, 0) is 55.1 Å². The summed E-state index contributed by atoms with van der Waals surface area (Å²) in [5, 5.41) is 3.44. The highest BCUT2D eigenvalue weighted by atomic mass is 79.9. The molecule has 3 rings (SSSR count). The minimum Gasteiger partial charge on any atom is -0.317 e. The Labute approximate surface area is 112 Å². The van der Waals surface area contributed by atoms with Crippen molar-refractivity contribution in [3.05, 3.63) is 33.8 Å². The molecule has 2 heterocycles. The number of fused-ring (bicyclic) bond motifs is 1. The fraction of sp³-hybridized carbons (Fsp3) is 0.571. The Morgan fingerprint density at radius 1 is 1.18 bits per heavy atom. The molecule has 1 aromatic carbocycles. The molecule has 2 aliphatic rings. The third-order valence-corrected chi connectivity index (χ3v) is 4.42. The lowest BCUT2D eigenvalue weighted by Crippen LogP contribution is -2.34. The Morgan fingerprint density at radius 3 is 2.76 bits per heavy atom. The first-order valence-corrected chi connectivity index (χ1v) is 7.31. The number of nitrogens with zero attached hydrogens (tertiary/aromatic N) is 1. The van der Waals surface area contributed by atoms with Gasteiger partial charge in [-0.2, -0.15) is 0 Å². The maximum Gasteiger partial charge on any atom is 0.0241 e. The first-order valence-electron chi connectivity index (χ1n) is 6.51. The van der Waals surface area contributed by atoms with E-state index in [1.54, 1.807) is 0 Å². The van der Waals surface area contributed by atoms with Crippen molar-refractivity contribution in [2.24, 2.45) is 5.92 Å². The van der Waals surface area contributed by atoms with E-state index in [4.69, 9.17) is 0 Å². The summed E-state index contributed by atoms with van der Waals surface area (Å²) in [5.41, 5.74) is 3.02. The zero-order chi connectivity index (χ0) is 11.7. The normalized spacial score (nSPS) is 21.7. The second-order valence-corrected chi connectivity index (χ2v) is 6.19. The smallest absolute Gasteiger partial charge is 0.0241 e. The van der Waals surface area contributed by atoms with Crippen LogP contribution in [0.4, 0.5) is 0 Å². The van der Waals surface area contributed by atoms with Crippen LogP contribution in [0.3, 0.4) is 0 Å². The summed E-state index contributed by atoms with van der Waals surface area (Å²) >= 11 is 3.56. The van der Waals surface area contributed by atoms with Gasteiger partial charge in [-0.15, -0.1) is 0 Å². The van der Waals surface area contributed by atoms with E-state index in [1.807, 2.05) is 0 Å². The van der Waals surface area contributed by atoms with Crippen LogP contribution in [0.15, 0.2) is 22.7 Å². The molecule has 1 saturated heterocycles. The van der Waals surface area contributed by atoms with E-state index < -0.39 is 0 Å². The quantitative estimate of drug-likeness (QED) is 0.902. The SMILES string of the molecule is Brc1ccc2c(c1)CN(CC1CCNCC1)C2. The molecular formula is C14H19BrN2. The number of hydrogen-bond acceptors (Lipinski definition) is 2. The second-order valence-electron chi connectivity index (χ2n) is 5.28. The van der Waals surface area contributed by atoms with Crippen molar-refractivity contribution in [1.82, 2.24) is 10.2 Å². The van der Waals surface area contributed by atoms with Gasteiger partial charge in [0.1, 0.15) is 0 Å². The molecule has 0 atom stereocenters. The van der Waals surface area contributed by atoms with E-state index in [2.05, 4.69) is 44.3 Å². The van der Waals surface area contributed by atoms with Crippen molar-refractivity contribution in [3.63, 3.8) is 0 Å². The molecule has 0 radical (unpaired) electrons. The Bertz CT molecular complexity index is 399. The fourth-order valence-electron chi connectivity index (χ4n) is 2.99. The zero-order valence-electron chi connectivity index (χ0n) is 10.1. The van der Waals surface area contributed by atoms with Crippen molar-refractivity contribution in [1.29, 1.82) is 0 Å². The summed E-state index contributed by atoms with van der Waals surface area (Å²) in [7, 11) is 0. The molecule has 0 unspecified atom stereocenters. The molecule has 0 spiro atoms. The molecular weight excluding hydrogens is 276 g/mol. The highest BCUT2D eigenvalue weighted by molar-refractivity contribution is 9.10. The van der Waals surface area contributed by atoms with E-state index in [1.165, 1.54) is 48.1 Å². The van der Waals surface area contributed by atoms with Gasteiger partial charge in [0.05, 0.1) is 0 Å². The lowest BCUT2D eigenvalue weighted by Gasteiger charge is -2.27. The molecule has 1 fully saturated rings. The van der Waals surface area contributed by atoms with Gasteiger partial charge in [0.2, 0.25) is 0 Å². The summed E-state index contributed by atoms with van der Waals surface area (Å²) in [6, 6.07) is 6.70. The maximum atomic E-state index is 3.56. The average Bonchev–Trinajstić information content (AvgIpc) is 2.71. The van der Waals surface area contributed by atoms with Crippen LogP contribution in [0.25, 0.3) is 0 Å². The van der Waals surface area contributed by atoms with Crippen LogP contribution >= 0.6 is 15.9 Å². The highest BCUT2D eigenvalue weighted by Crippen LogP contribution is 2.27. The molecule has 0 saturated carbocycles. The number of hydrogen-bond donors (Lipinski definition) is 1. The van der Waals surface area contributed by atoms with E-state index in [0.717, 1.165) is 19.0 Å². The van der Waals surface area contributed by atoms with Crippen molar-refractivity contribution in [2.45, 2.75) is 25.9 Å². The van der Waals surface area contributed by atoms with Crippen LogP contribution in [0.2, 0.25) is 0 Å². The molecule has 17 heavy (non-hydrogen) atoms. The minimum atomic E-state index is 0.897. The first kappa shape index (κ1) is 11.7. The monoisotopic (exact) mass is 294 g/mol. The second kappa shape index (κ2) is 5.09. The third kappa shape index (κ3) is 2.72. The van der Waals surface area contributed by atoms with Gasteiger partial charge in [0.25, 0.3) is 0 Å². The molecule has 0 aromatic heterocycles. The van der Waals surface area contributed by atoms with Gasteiger partial charge in [0, 0.05) is 24.1 Å². The van der Waals surface area contributed by atoms with Crippen molar-refractivity contribution in [2.75, 3.05) is 19.6 Å². The molecule has 0 bridgehead atoms. The molecule has 2 aliphatic heterocycles. The standard InChI is InChI=1S/C14H19BrN2/c15-14-2-1-12-9-17(10-13(12)7-14)8-11-3-5-16-6-4-11/h1-2,7,11,16H,3-6,8-10H2. The molecule has 0 amide bonds. The number of piperidine rings is 1. The van der Waals surface area contributed by atoms with Gasteiger partial charge in [-0.3, -0.25) is 4.90 Å². The Balaban J connectivity index is 1.61. The van der Waals surface area contributed by atoms with Gasteiger partial charge < -0.3 is 5.32 Å². The Kier molecular flexibility index (Phi) is 3.50. The lowest BCUT2D eigenvalue weighted by atomic mass is 9.98. The van der Waals surface area contributed by atoms with E-state index in [9.17, 15) is 0 Å². The zero-order valence-corrected chi connectivity index (χ0v) is 11.7. The molecule has 1 N–H and O–H groups in total. The number of nitrogens with one attached hydrogen (secondary N) is 1. The van der Waals surface area contributed by atoms with Crippen molar-refractivity contribution in [3.8, 4) is 0 Å². The van der Waals surface area contributed by atoms with Gasteiger partial charge in [-0.25, -0.2) is 0 Å². The molecule has 0 aliphatic carbocycles. The van der Waals surface area contributed by atoms with Crippen LogP contribution in [0, 0.1) is 5.92 Å². The van der Waals surface area contributed by atoms with E-state index in [0.29, 0.717) is 0 Å². The molecule has 3 heteroatoms. The van der Waals surface area contributed by atoms with Crippen LogP contribution in [0.1, 0.15) is 24.0 Å². The van der Waals surface area contributed by atoms with Crippen LogP contribution in [-0.2, 0) is 13.1 Å². The van der Waals surface area contributed by atoms with Crippen LogP contribution < -0.4 is 5.32 Å². The van der Waals surface area contributed by atoms with Crippen LogP contribution in [-0.4, -0.2) is 24.5 Å². The first-order chi connectivity index (χ1) is 8.31. The average molecular weight is 295 g/mol. The maximum absolute atomic E-state index is 3.56. The van der Waals surface area contributed by atoms with Gasteiger partial charge >= 0.3 is 0 Å². The molecule has 92 valence electrons. The molecule has 1 aromatic rings. The lowest BCUT2D eigenvalue weighted by molar-refractivity contribution is 0.208. The summed E-state index contributed by atoms with van der Waals surface area (Å²) in [4.78, 5) is 2.60. The van der Waals surface area contributed by atoms with Crippen molar-refractivity contribution < 1.29 is 0 Å². The fourth-order valence-corrected chi connectivity index (χ4v) is 3.40. The minimum absolute atomic E-state index is 0.897. The predicted octanol–water partition coefficient (Wildman–Crippen LogP) is 2.76. The predicted molar refractivity (Wildman–Crippen MR) is 73.8 cm³/mol. The summed E-state index contributed by atoms with van der Waals surface area (Å²) < 4.78 is 1.21. The number of benzene rings is 1. The number of halogens is 1. The molecule has 2 nitrogen and oxygen atoms in total. The van der Waals surface area contributed by atoms with Crippen LogP contribution in [0.5, 0.6) is 0 Å². The summed E-state index contributed by atoms with van der Waals surface area (Å²) in [6.45, 7) is 5.97. The largest absolute Gasteiger partial charge is 0.317 e. The highest BCUT2D eigenvalue weighted by Gasteiger charge is 2.22. The summed E-state index contributed by atoms with van der Waals surface area (Å²) in [6.07, 6.45) is 2.69. The summed E-state index contributed by atoms with van der Waals surface area (Å²) in [5.74, 6) is 0.897. The van der Waals surface area contributed by atoms with Gasteiger partial charge in [-0.1, -0.05) is 22.0 Å². The Morgan fingerprint density at radius 2 is 1.94 bits per heavy atom. The van der Waals surface area contributed by atoms with E-state index >= 15 is 0 Å². The van der Waals surface area contributed by atoms with E-state index in [-0.39, 0.29) is 0 Å². The Hall–Kier alpha value is -0.380. The van der Waals surface area contributed by atoms with Gasteiger partial charge in [0.15, 0.2) is 0 Å². The number of rotatable bonds is 2. The topological polar surface area (TPSA) is 15.3 Å².